The first-order valence-electron chi connectivity index (χ1n) is 8.73. The van der Waals surface area contributed by atoms with Crippen molar-refractivity contribution >= 4 is 5.91 Å². The third-order valence-corrected chi connectivity index (χ3v) is 5.41. The van der Waals surface area contributed by atoms with Crippen LogP contribution in [0.2, 0.25) is 0 Å². The van der Waals surface area contributed by atoms with Crippen molar-refractivity contribution in [2.45, 2.75) is 51.6 Å². The molecule has 1 saturated carbocycles. The van der Waals surface area contributed by atoms with Crippen LogP contribution < -0.4 is 0 Å². The third kappa shape index (κ3) is 2.64. The predicted molar refractivity (Wildman–Crippen MR) is 82.2 cm³/mol. The second-order valence-electron chi connectivity index (χ2n) is 6.87. The Balaban J connectivity index is 1.35. The van der Waals surface area contributed by atoms with Crippen molar-refractivity contribution in [1.29, 1.82) is 0 Å². The van der Waals surface area contributed by atoms with Gasteiger partial charge in [0.05, 0.1) is 6.54 Å². The van der Waals surface area contributed by atoms with Crippen LogP contribution in [-0.2, 0) is 24.3 Å². The number of fused-ring (bicyclic) bond motifs is 1. The summed E-state index contributed by atoms with van der Waals surface area (Å²) >= 11 is 0. The van der Waals surface area contributed by atoms with Gasteiger partial charge in [-0.25, -0.2) is 0 Å². The lowest BCUT2D eigenvalue weighted by Gasteiger charge is -2.31. The zero-order chi connectivity index (χ0) is 14.9. The molecule has 0 spiro atoms. The molecule has 3 aliphatic rings. The predicted octanol–water partition coefficient (Wildman–Crippen LogP) is 1.06. The van der Waals surface area contributed by atoms with E-state index < -0.39 is 0 Å². The lowest BCUT2D eigenvalue weighted by molar-refractivity contribution is -0.138. The van der Waals surface area contributed by atoms with Crippen molar-refractivity contribution in [2.24, 2.45) is 5.92 Å². The summed E-state index contributed by atoms with van der Waals surface area (Å²) in [7, 11) is 0. The molecule has 1 amide bonds. The summed E-state index contributed by atoms with van der Waals surface area (Å²) in [5.41, 5.74) is 0. The first-order valence-corrected chi connectivity index (χ1v) is 8.73. The van der Waals surface area contributed by atoms with E-state index in [1.54, 1.807) is 0 Å². The molecule has 2 aliphatic heterocycles. The minimum absolute atomic E-state index is 0.325. The third-order valence-electron chi connectivity index (χ3n) is 5.41. The smallest absolute Gasteiger partial charge is 0.225 e. The first-order chi connectivity index (χ1) is 10.8. The van der Waals surface area contributed by atoms with Crippen LogP contribution in [0.3, 0.4) is 0 Å². The van der Waals surface area contributed by atoms with Gasteiger partial charge in [0.1, 0.15) is 11.6 Å². The number of carbonyl (C=O) groups excluding carboxylic acids is 1. The van der Waals surface area contributed by atoms with E-state index in [4.69, 9.17) is 0 Å². The van der Waals surface area contributed by atoms with Gasteiger partial charge in [-0.1, -0.05) is 6.42 Å². The molecule has 1 aromatic rings. The molecule has 0 unspecified atom stereocenters. The molecule has 3 heterocycles. The average Bonchev–Trinajstić information content (AvgIpc) is 2.97. The molecule has 0 N–H and O–H groups in total. The SMILES string of the molecule is O=C(C1CCC1)N1CCCN(Cc2nnc3n2CCC3)CC1. The van der Waals surface area contributed by atoms with E-state index in [0.29, 0.717) is 11.8 Å². The van der Waals surface area contributed by atoms with E-state index >= 15 is 0 Å². The second-order valence-corrected chi connectivity index (χ2v) is 6.87. The molecule has 1 saturated heterocycles. The Kier molecular flexibility index (Phi) is 3.86. The Labute approximate surface area is 131 Å². The minimum Gasteiger partial charge on any atom is -0.341 e. The monoisotopic (exact) mass is 303 g/mol. The van der Waals surface area contributed by atoms with Crippen molar-refractivity contribution in [3.63, 3.8) is 0 Å². The second kappa shape index (κ2) is 5.99. The van der Waals surface area contributed by atoms with Crippen LogP contribution in [0.25, 0.3) is 0 Å². The number of hydrogen-bond donors (Lipinski definition) is 0. The summed E-state index contributed by atoms with van der Waals surface area (Å²) in [6.45, 7) is 5.74. The van der Waals surface area contributed by atoms with Gasteiger partial charge in [0.2, 0.25) is 5.91 Å². The molecule has 0 aromatic carbocycles. The lowest BCUT2D eigenvalue weighted by Crippen LogP contribution is -2.41. The minimum atomic E-state index is 0.325. The van der Waals surface area contributed by atoms with E-state index in [1.807, 2.05) is 0 Å². The number of nitrogens with zero attached hydrogens (tertiary/aromatic N) is 5. The maximum Gasteiger partial charge on any atom is 0.225 e. The van der Waals surface area contributed by atoms with Gasteiger partial charge in [-0.15, -0.1) is 10.2 Å². The van der Waals surface area contributed by atoms with E-state index in [1.165, 1.54) is 12.8 Å². The van der Waals surface area contributed by atoms with Crippen LogP contribution >= 0.6 is 0 Å². The van der Waals surface area contributed by atoms with Crippen molar-refractivity contribution < 1.29 is 4.79 Å². The van der Waals surface area contributed by atoms with E-state index in [-0.39, 0.29) is 0 Å². The van der Waals surface area contributed by atoms with Gasteiger partial charge >= 0.3 is 0 Å². The Bertz CT molecular complexity index is 551. The molecule has 6 nitrogen and oxygen atoms in total. The summed E-state index contributed by atoms with van der Waals surface area (Å²) in [6, 6.07) is 0. The molecule has 4 rings (SSSR count). The van der Waals surface area contributed by atoms with Crippen LogP contribution in [0.4, 0.5) is 0 Å². The van der Waals surface area contributed by atoms with Crippen LogP contribution in [0.15, 0.2) is 0 Å². The number of amides is 1. The fraction of sp³-hybridized carbons (Fsp3) is 0.812. The van der Waals surface area contributed by atoms with Gasteiger partial charge in [0.15, 0.2) is 0 Å². The molecule has 6 heteroatoms. The van der Waals surface area contributed by atoms with Gasteiger partial charge in [0, 0.05) is 45.1 Å². The van der Waals surface area contributed by atoms with Crippen LogP contribution in [-0.4, -0.2) is 56.7 Å². The summed E-state index contributed by atoms with van der Waals surface area (Å²) in [5.74, 6) is 2.97. The van der Waals surface area contributed by atoms with Crippen LogP contribution in [0.1, 0.15) is 43.8 Å². The highest BCUT2D eigenvalue weighted by Gasteiger charge is 2.30. The highest BCUT2D eigenvalue weighted by atomic mass is 16.2. The van der Waals surface area contributed by atoms with Crippen molar-refractivity contribution in [3.05, 3.63) is 11.6 Å². The molecule has 0 radical (unpaired) electrons. The molecule has 120 valence electrons. The topological polar surface area (TPSA) is 54.3 Å². The number of aryl methyl sites for hydroxylation is 1. The molecule has 0 bridgehead atoms. The van der Waals surface area contributed by atoms with Crippen molar-refractivity contribution in [1.82, 2.24) is 24.6 Å². The summed E-state index contributed by atoms with van der Waals surface area (Å²) in [4.78, 5) is 16.9. The fourth-order valence-corrected chi connectivity index (χ4v) is 3.79. The van der Waals surface area contributed by atoms with Gasteiger partial charge in [-0.2, -0.15) is 0 Å². The maximum atomic E-state index is 12.4. The number of carbonyl (C=O) groups is 1. The van der Waals surface area contributed by atoms with Crippen LogP contribution in [0.5, 0.6) is 0 Å². The van der Waals surface area contributed by atoms with Gasteiger partial charge in [-0.3, -0.25) is 9.69 Å². The van der Waals surface area contributed by atoms with Gasteiger partial charge < -0.3 is 9.47 Å². The lowest BCUT2D eigenvalue weighted by atomic mass is 9.84. The standard InChI is InChI=1S/C16H25N5O/c22-16(13-4-1-5-13)20-8-3-7-19(10-11-20)12-15-18-17-14-6-2-9-21(14)15/h13H,1-12H2. The quantitative estimate of drug-likeness (QED) is 0.838. The Hall–Kier alpha value is -1.43. The number of hydrogen-bond acceptors (Lipinski definition) is 4. The first kappa shape index (κ1) is 14.2. The molecule has 1 aromatic heterocycles. The number of rotatable bonds is 3. The Morgan fingerprint density at radius 1 is 1.00 bits per heavy atom. The Morgan fingerprint density at radius 3 is 2.73 bits per heavy atom. The highest BCUT2D eigenvalue weighted by Crippen LogP contribution is 2.28. The zero-order valence-corrected chi connectivity index (χ0v) is 13.2. The van der Waals surface area contributed by atoms with E-state index in [0.717, 1.165) is 76.6 Å². The van der Waals surface area contributed by atoms with Gasteiger partial charge in [0.25, 0.3) is 0 Å². The van der Waals surface area contributed by atoms with E-state index in [2.05, 4.69) is 24.6 Å². The largest absolute Gasteiger partial charge is 0.341 e. The average molecular weight is 303 g/mol. The summed E-state index contributed by atoms with van der Waals surface area (Å²) in [5, 5.41) is 8.65. The summed E-state index contributed by atoms with van der Waals surface area (Å²) < 4.78 is 2.28. The van der Waals surface area contributed by atoms with E-state index in [9.17, 15) is 4.79 Å². The Morgan fingerprint density at radius 2 is 1.91 bits per heavy atom. The molecular formula is C16H25N5O. The molecule has 2 fully saturated rings. The normalized spacial score (nSPS) is 23.2. The molecule has 1 aliphatic carbocycles. The van der Waals surface area contributed by atoms with Gasteiger partial charge in [-0.05, 0) is 25.7 Å². The molecule has 22 heavy (non-hydrogen) atoms. The summed E-state index contributed by atoms with van der Waals surface area (Å²) in [6.07, 6.45) is 6.77. The van der Waals surface area contributed by atoms with Crippen molar-refractivity contribution in [2.75, 3.05) is 26.2 Å². The molecule has 0 atom stereocenters. The number of aromatic nitrogens is 3. The fourth-order valence-electron chi connectivity index (χ4n) is 3.79. The van der Waals surface area contributed by atoms with Crippen LogP contribution in [0, 0.1) is 5.92 Å². The van der Waals surface area contributed by atoms with Crippen molar-refractivity contribution in [3.8, 4) is 0 Å². The molecular weight excluding hydrogens is 278 g/mol. The zero-order valence-electron chi connectivity index (χ0n) is 13.2. The maximum absolute atomic E-state index is 12.4. The highest BCUT2D eigenvalue weighted by molar-refractivity contribution is 5.79.